The Balaban J connectivity index is 2.41. The third kappa shape index (κ3) is 2.07. The Kier molecular flexibility index (Phi) is 3.26. The highest BCUT2D eigenvalue weighted by molar-refractivity contribution is 14.2. The van der Waals surface area contributed by atoms with E-state index in [0.29, 0.717) is 0 Å². The van der Waals surface area contributed by atoms with Crippen molar-refractivity contribution < 1.29 is 0 Å². The molecular formula is C8H8BrIN2S. The first-order valence-electron chi connectivity index (χ1n) is 3.91. The average molecular weight is 371 g/mol. The van der Waals surface area contributed by atoms with Crippen LogP contribution in [-0.2, 0) is 0 Å². The lowest BCUT2D eigenvalue weighted by molar-refractivity contribution is 0.986. The highest BCUT2D eigenvalue weighted by Gasteiger charge is 2.15. The number of fused-ring (bicyclic) bond motifs is 1. The number of nitrogens with one attached hydrogen (secondary N) is 1. The van der Waals surface area contributed by atoms with Crippen molar-refractivity contribution in [1.82, 2.24) is 0 Å². The molecule has 0 aromatic heterocycles. The molecule has 1 heterocycles. The molecule has 0 amide bonds. The van der Waals surface area contributed by atoms with Crippen molar-refractivity contribution >= 4 is 57.6 Å². The fraction of sp³-hybridized carbons (Fsp3) is 0.250. The first-order chi connectivity index (χ1) is 6.31. The van der Waals surface area contributed by atoms with Crippen LogP contribution in [0.25, 0.3) is 0 Å². The van der Waals surface area contributed by atoms with Gasteiger partial charge >= 0.3 is 0 Å². The van der Waals surface area contributed by atoms with Gasteiger partial charge in [-0.25, -0.2) is 0 Å². The third-order valence-corrected chi connectivity index (χ3v) is 4.41. The zero-order valence-electron chi connectivity index (χ0n) is 6.76. The Bertz CT molecular complexity index is 321. The maximum Gasteiger partial charge on any atom is 0.0720 e. The summed E-state index contributed by atoms with van der Waals surface area (Å²) in [5.41, 5.74) is 2.48. The van der Waals surface area contributed by atoms with Gasteiger partial charge in [0.15, 0.2) is 0 Å². The molecule has 2 nitrogen and oxygen atoms in total. The molecule has 0 saturated heterocycles. The number of halogens is 2. The summed E-state index contributed by atoms with van der Waals surface area (Å²) in [6.45, 7) is 2.07. The molecule has 1 aliphatic heterocycles. The van der Waals surface area contributed by atoms with E-state index < -0.39 is 0 Å². The molecule has 0 bridgehead atoms. The number of benzene rings is 1. The Labute approximate surface area is 102 Å². The second-order valence-corrected chi connectivity index (χ2v) is 5.44. The highest BCUT2D eigenvalue weighted by Crippen LogP contribution is 2.37. The fourth-order valence-electron chi connectivity index (χ4n) is 1.34. The first-order valence-corrected chi connectivity index (χ1v) is 8.02. The van der Waals surface area contributed by atoms with Crippen molar-refractivity contribution in [2.45, 2.75) is 0 Å². The summed E-state index contributed by atoms with van der Waals surface area (Å²) >= 11 is 5.80. The molecule has 0 spiro atoms. The van der Waals surface area contributed by atoms with Crippen LogP contribution in [0.4, 0.5) is 11.4 Å². The van der Waals surface area contributed by atoms with Gasteiger partial charge < -0.3 is 9.62 Å². The predicted octanol–water partition coefficient (Wildman–Crippen LogP) is 3.68. The predicted molar refractivity (Wildman–Crippen MR) is 71.6 cm³/mol. The molecule has 1 N–H and O–H groups in total. The van der Waals surface area contributed by atoms with Gasteiger partial charge in [0, 0.05) is 47.9 Å². The second-order valence-electron chi connectivity index (χ2n) is 2.76. The number of nitrogens with zero attached hydrogens (tertiary/aromatic N) is 1. The van der Waals surface area contributed by atoms with Crippen LogP contribution in [0.15, 0.2) is 22.7 Å². The summed E-state index contributed by atoms with van der Waals surface area (Å²) in [6.07, 6.45) is 0. The van der Waals surface area contributed by atoms with E-state index in [-0.39, 0.29) is 0 Å². The molecule has 0 aliphatic carbocycles. The molecule has 1 aromatic carbocycles. The zero-order chi connectivity index (χ0) is 9.26. The monoisotopic (exact) mass is 370 g/mol. The number of rotatable bonds is 1. The van der Waals surface area contributed by atoms with E-state index >= 15 is 0 Å². The molecule has 13 heavy (non-hydrogen) atoms. The average Bonchev–Trinajstić information content (AvgIpc) is 2.17. The lowest BCUT2D eigenvalue weighted by atomic mass is 10.2. The molecule has 1 aliphatic rings. The van der Waals surface area contributed by atoms with Gasteiger partial charge in [-0.1, -0.05) is 15.9 Å². The van der Waals surface area contributed by atoms with Crippen LogP contribution >= 0.6 is 46.3 Å². The maximum absolute atomic E-state index is 3.48. The minimum Gasteiger partial charge on any atom is -0.382 e. The van der Waals surface area contributed by atoms with Crippen LogP contribution in [-0.4, -0.2) is 13.1 Å². The topological polar surface area (TPSA) is 15.3 Å². The van der Waals surface area contributed by atoms with E-state index in [4.69, 9.17) is 0 Å². The SMILES string of the molecule is Brc1ccc2c(c1)N(SI)CCN2. The molecular weight excluding hydrogens is 363 g/mol. The lowest BCUT2D eigenvalue weighted by Gasteiger charge is -2.28. The van der Waals surface area contributed by atoms with Gasteiger partial charge in [-0.15, -0.1) is 0 Å². The van der Waals surface area contributed by atoms with Crippen LogP contribution < -0.4 is 9.62 Å². The molecule has 1 aromatic rings. The van der Waals surface area contributed by atoms with Crippen LogP contribution in [0.5, 0.6) is 0 Å². The first kappa shape index (κ1) is 9.92. The van der Waals surface area contributed by atoms with Gasteiger partial charge in [0.2, 0.25) is 0 Å². The smallest absolute Gasteiger partial charge is 0.0720 e. The lowest BCUT2D eigenvalue weighted by Crippen LogP contribution is -2.27. The largest absolute Gasteiger partial charge is 0.382 e. The third-order valence-electron chi connectivity index (χ3n) is 1.94. The number of hydrogen-bond donors (Lipinski definition) is 1. The van der Waals surface area contributed by atoms with Gasteiger partial charge in [0.1, 0.15) is 0 Å². The van der Waals surface area contributed by atoms with E-state index in [2.05, 4.69) is 65.0 Å². The van der Waals surface area contributed by atoms with E-state index in [9.17, 15) is 0 Å². The maximum atomic E-state index is 3.48. The Morgan fingerprint density at radius 1 is 1.54 bits per heavy atom. The van der Waals surface area contributed by atoms with E-state index in [0.717, 1.165) is 17.6 Å². The second kappa shape index (κ2) is 4.27. The summed E-state index contributed by atoms with van der Waals surface area (Å²) in [5, 5.41) is 3.37. The Morgan fingerprint density at radius 2 is 2.38 bits per heavy atom. The van der Waals surface area contributed by atoms with Crippen molar-refractivity contribution in [3.8, 4) is 0 Å². The summed E-state index contributed by atoms with van der Waals surface area (Å²) in [4.78, 5) is 0. The quantitative estimate of drug-likeness (QED) is 0.599. The molecule has 0 saturated carbocycles. The van der Waals surface area contributed by atoms with E-state index in [1.807, 2.05) is 0 Å². The van der Waals surface area contributed by atoms with Crippen LogP contribution in [0.3, 0.4) is 0 Å². The summed E-state index contributed by atoms with van der Waals surface area (Å²) in [5.74, 6) is 0. The molecule has 0 fully saturated rings. The molecule has 0 atom stereocenters. The van der Waals surface area contributed by atoms with Crippen LogP contribution in [0.1, 0.15) is 0 Å². The summed E-state index contributed by atoms with van der Waals surface area (Å²) in [7, 11) is 1.74. The summed E-state index contributed by atoms with van der Waals surface area (Å²) < 4.78 is 3.42. The Morgan fingerprint density at radius 3 is 3.15 bits per heavy atom. The van der Waals surface area contributed by atoms with Gasteiger partial charge in [0.05, 0.1) is 11.4 Å². The molecule has 0 unspecified atom stereocenters. The van der Waals surface area contributed by atoms with Gasteiger partial charge in [-0.2, -0.15) is 0 Å². The highest BCUT2D eigenvalue weighted by atomic mass is 127. The van der Waals surface area contributed by atoms with Crippen molar-refractivity contribution in [2.24, 2.45) is 0 Å². The van der Waals surface area contributed by atoms with Gasteiger partial charge in [-0.3, -0.25) is 0 Å². The molecule has 2 rings (SSSR count). The number of anilines is 2. The molecule has 0 radical (unpaired) electrons. The van der Waals surface area contributed by atoms with Gasteiger partial charge in [0.25, 0.3) is 0 Å². The minimum absolute atomic E-state index is 1.02. The van der Waals surface area contributed by atoms with E-state index in [1.54, 1.807) is 9.12 Å². The minimum atomic E-state index is 1.02. The van der Waals surface area contributed by atoms with E-state index in [1.165, 1.54) is 11.4 Å². The number of hydrogen-bond acceptors (Lipinski definition) is 3. The fourth-order valence-corrected chi connectivity index (χ4v) is 3.31. The Hall–Kier alpha value is 0.380. The summed E-state index contributed by atoms with van der Waals surface area (Å²) in [6, 6.07) is 6.32. The standard InChI is InChI=1S/C8H8BrIN2S/c9-6-1-2-7-8(5-6)12(13-10)4-3-11-7/h1-2,5,11H,3-4H2. The van der Waals surface area contributed by atoms with Crippen molar-refractivity contribution in [1.29, 1.82) is 0 Å². The van der Waals surface area contributed by atoms with Crippen molar-refractivity contribution in [2.75, 3.05) is 22.7 Å². The zero-order valence-corrected chi connectivity index (χ0v) is 11.3. The normalized spacial score (nSPS) is 15.1. The van der Waals surface area contributed by atoms with Crippen LogP contribution in [0.2, 0.25) is 0 Å². The van der Waals surface area contributed by atoms with Gasteiger partial charge in [-0.05, 0) is 18.2 Å². The molecule has 70 valence electrons. The molecule has 5 heteroatoms. The van der Waals surface area contributed by atoms with Crippen LogP contribution in [0, 0.1) is 0 Å². The van der Waals surface area contributed by atoms with Crippen molar-refractivity contribution in [3.05, 3.63) is 22.7 Å². The van der Waals surface area contributed by atoms with Crippen molar-refractivity contribution in [3.63, 3.8) is 0 Å².